The van der Waals surface area contributed by atoms with Crippen molar-refractivity contribution in [2.45, 2.75) is 83.9 Å². The molecule has 0 saturated carbocycles. The first kappa shape index (κ1) is 26.9. The predicted octanol–water partition coefficient (Wildman–Crippen LogP) is 5.68. The number of carbonyl (C=O) groups excluding carboxylic acids is 1. The topological polar surface area (TPSA) is 29.5 Å². The summed E-state index contributed by atoms with van der Waals surface area (Å²) in [6.45, 7) is 7.43. The molecule has 0 aliphatic carbocycles. The van der Waals surface area contributed by atoms with Crippen molar-refractivity contribution in [3.63, 3.8) is 0 Å². The van der Waals surface area contributed by atoms with Gasteiger partial charge in [0.2, 0.25) is 0 Å². The van der Waals surface area contributed by atoms with Crippen molar-refractivity contribution in [1.29, 1.82) is 0 Å². The van der Waals surface area contributed by atoms with Crippen LogP contribution < -0.4 is 0 Å². The number of alkyl halides is 7. The van der Waals surface area contributed by atoms with Crippen LogP contribution in [0.15, 0.2) is 0 Å². The van der Waals surface area contributed by atoms with E-state index in [0.29, 0.717) is 13.1 Å². The zero-order chi connectivity index (χ0) is 22.2. The standard InChI is InChI=1S/C18H30F7NO2/c1-5-7-10-26(11-8-6-2)12-9-14(27)28-15(13(3)4)16(19,20)17(21,22)18(23,24)25/h13,15H,5-12H2,1-4H3. The van der Waals surface area contributed by atoms with Gasteiger partial charge in [0.05, 0.1) is 6.42 Å². The molecule has 0 saturated heterocycles. The van der Waals surface area contributed by atoms with Gasteiger partial charge in [-0.05, 0) is 31.8 Å². The molecule has 0 N–H and O–H groups in total. The van der Waals surface area contributed by atoms with E-state index in [1.165, 1.54) is 0 Å². The summed E-state index contributed by atoms with van der Waals surface area (Å²) in [5.74, 6) is -14.6. The van der Waals surface area contributed by atoms with Crippen LogP contribution in [0.5, 0.6) is 0 Å². The van der Waals surface area contributed by atoms with E-state index in [1.807, 2.05) is 18.7 Å². The molecule has 0 aromatic rings. The molecule has 1 atom stereocenters. The lowest BCUT2D eigenvalue weighted by atomic mass is 9.95. The van der Waals surface area contributed by atoms with Gasteiger partial charge in [0.1, 0.15) is 0 Å². The van der Waals surface area contributed by atoms with Crippen LogP contribution in [-0.4, -0.2) is 54.6 Å². The highest BCUT2D eigenvalue weighted by Crippen LogP contribution is 2.50. The second-order valence-electron chi connectivity index (χ2n) is 7.15. The average molecular weight is 425 g/mol. The Kier molecular flexibility index (Phi) is 10.8. The normalized spacial score (nSPS) is 14.6. The molecule has 0 aliphatic rings. The molecular formula is C18H30F7NO2. The smallest absolute Gasteiger partial charge is 0.455 e. The first-order valence-corrected chi connectivity index (χ1v) is 9.46. The van der Waals surface area contributed by atoms with E-state index in [1.54, 1.807) is 0 Å². The summed E-state index contributed by atoms with van der Waals surface area (Å²) in [5.41, 5.74) is 0. The lowest BCUT2D eigenvalue weighted by molar-refractivity contribution is -0.374. The minimum absolute atomic E-state index is 0.158. The Labute approximate surface area is 161 Å². The SMILES string of the molecule is CCCCN(CCCC)CCC(=O)OC(C(C)C)C(F)(F)C(F)(F)C(F)(F)F. The fourth-order valence-electron chi connectivity index (χ4n) is 2.55. The van der Waals surface area contributed by atoms with Crippen molar-refractivity contribution in [2.75, 3.05) is 19.6 Å². The second kappa shape index (κ2) is 11.2. The quantitative estimate of drug-likeness (QED) is 0.281. The maximum atomic E-state index is 13.9. The number of nitrogens with zero attached hydrogens (tertiary/aromatic N) is 1. The van der Waals surface area contributed by atoms with Crippen molar-refractivity contribution < 1.29 is 40.3 Å². The zero-order valence-electron chi connectivity index (χ0n) is 16.7. The molecule has 0 spiro atoms. The third-order valence-corrected chi connectivity index (χ3v) is 4.28. The lowest BCUT2D eigenvalue weighted by Gasteiger charge is -2.35. The highest BCUT2D eigenvalue weighted by Gasteiger charge is 2.76. The number of unbranched alkanes of at least 4 members (excludes halogenated alkanes) is 2. The summed E-state index contributed by atoms with van der Waals surface area (Å²) in [4.78, 5) is 13.8. The molecule has 0 amide bonds. The summed E-state index contributed by atoms with van der Waals surface area (Å²) in [7, 11) is 0. The number of halogens is 7. The number of ether oxygens (including phenoxy) is 1. The Hall–Kier alpha value is -1.06. The van der Waals surface area contributed by atoms with E-state index in [4.69, 9.17) is 0 Å². The Morgan fingerprint density at radius 1 is 0.893 bits per heavy atom. The molecule has 0 bridgehead atoms. The summed E-state index contributed by atoms with van der Waals surface area (Å²) in [6, 6.07) is 0. The summed E-state index contributed by atoms with van der Waals surface area (Å²) >= 11 is 0. The van der Waals surface area contributed by atoms with Crippen molar-refractivity contribution >= 4 is 5.97 Å². The van der Waals surface area contributed by atoms with Gasteiger partial charge in [0, 0.05) is 6.54 Å². The van der Waals surface area contributed by atoms with Gasteiger partial charge in [-0.1, -0.05) is 40.5 Å². The highest BCUT2D eigenvalue weighted by molar-refractivity contribution is 5.70. The van der Waals surface area contributed by atoms with Crippen molar-refractivity contribution in [2.24, 2.45) is 5.92 Å². The van der Waals surface area contributed by atoms with E-state index in [9.17, 15) is 35.5 Å². The lowest BCUT2D eigenvalue weighted by Crippen LogP contribution is -2.60. The van der Waals surface area contributed by atoms with Crippen LogP contribution in [-0.2, 0) is 9.53 Å². The van der Waals surface area contributed by atoms with Crippen LogP contribution in [0.3, 0.4) is 0 Å². The first-order chi connectivity index (χ1) is 12.7. The van der Waals surface area contributed by atoms with Gasteiger partial charge in [-0.3, -0.25) is 4.79 Å². The average Bonchev–Trinajstić information content (AvgIpc) is 2.57. The van der Waals surface area contributed by atoms with Gasteiger partial charge in [-0.25, -0.2) is 0 Å². The van der Waals surface area contributed by atoms with E-state index >= 15 is 0 Å². The molecule has 168 valence electrons. The summed E-state index contributed by atoms with van der Waals surface area (Å²) < 4.78 is 96.1. The number of esters is 1. The van der Waals surface area contributed by atoms with Crippen LogP contribution in [0.4, 0.5) is 30.7 Å². The molecule has 1 unspecified atom stereocenters. The molecule has 0 fully saturated rings. The zero-order valence-corrected chi connectivity index (χ0v) is 16.7. The monoisotopic (exact) mass is 425 g/mol. The molecule has 10 heteroatoms. The maximum Gasteiger partial charge on any atom is 0.460 e. The minimum Gasteiger partial charge on any atom is -0.455 e. The third-order valence-electron chi connectivity index (χ3n) is 4.28. The molecule has 0 aromatic carbocycles. The van der Waals surface area contributed by atoms with Crippen LogP contribution in [0.25, 0.3) is 0 Å². The maximum absolute atomic E-state index is 13.9. The van der Waals surface area contributed by atoms with Crippen LogP contribution in [0, 0.1) is 5.92 Å². The Bertz CT molecular complexity index is 459. The molecule has 0 radical (unpaired) electrons. The van der Waals surface area contributed by atoms with E-state index in [2.05, 4.69) is 4.74 Å². The molecule has 0 heterocycles. The molecular weight excluding hydrogens is 395 g/mol. The van der Waals surface area contributed by atoms with Crippen LogP contribution in [0.2, 0.25) is 0 Å². The Morgan fingerprint density at radius 3 is 1.71 bits per heavy atom. The molecule has 0 aliphatic heterocycles. The van der Waals surface area contributed by atoms with Crippen molar-refractivity contribution in [3.05, 3.63) is 0 Å². The van der Waals surface area contributed by atoms with Gasteiger partial charge in [0.25, 0.3) is 0 Å². The molecule has 28 heavy (non-hydrogen) atoms. The molecule has 0 aromatic heterocycles. The summed E-state index contributed by atoms with van der Waals surface area (Å²) in [5, 5.41) is 0. The van der Waals surface area contributed by atoms with E-state index < -0.39 is 36.0 Å². The molecule has 3 nitrogen and oxygen atoms in total. The van der Waals surface area contributed by atoms with Gasteiger partial charge in [-0.2, -0.15) is 30.7 Å². The largest absolute Gasteiger partial charge is 0.460 e. The first-order valence-electron chi connectivity index (χ1n) is 9.46. The fourth-order valence-corrected chi connectivity index (χ4v) is 2.55. The van der Waals surface area contributed by atoms with Crippen LogP contribution in [0.1, 0.15) is 59.8 Å². The van der Waals surface area contributed by atoms with Crippen molar-refractivity contribution in [3.8, 4) is 0 Å². The highest BCUT2D eigenvalue weighted by atomic mass is 19.4. The van der Waals surface area contributed by atoms with Gasteiger partial charge < -0.3 is 9.64 Å². The Morgan fingerprint density at radius 2 is 1.36 bits per heavy atom. The Balaban J connectivity index is 5.11. The second-order valence-corrected chi connectivity index (χ2v) is 7.15. The third kappa shape index (κ3) is 7.40. The predicted molar refractivity (Wildman–Crippen MR) is 91.5 cm³/mol. The van der Waals surface area contributed by atoms with E-state index in [-0.39, 0.29) is 13.0 Å². The van der Waals surface area contributed by atoms with E-state index in [0.717, 1.165) is 39.5 Å². The van der Waals surface area contributed by atoms with Crippen molar-refractivity contribution in [1.82, 2.24) is 4.90 Å². The minimum atomic E-state index is -6.47. The summed E-state index contributed by atoms with van der Waals surface area (Å²) in [6.07, 6.45) is -6.22. The fraction of sp³-hybridized carbons (Fsp3) is 0.944. The van der Waals surface area contributed by atoms with Crippen LogP contribution >= 0.6 is 0 Å². The van der Waals surface area contributed by atoms with Gasteiger partial charge in [0.15, 0.2) is 6.10 Å². The number of hydrogen-bond acceptors (Lipinski definition) is 3. The van der Waals surface area contributed by atoms with Gasteiger partial charge >= 0.3 is 24.0 Å². The molecule has 0 rings (SSSR count). The van der Waals surface area contributed by atoms with Gasteiger partial charge in [-0.15, -0.1) is 0 Å². The number of carbonyl (C=O) groups is 1. The number of rotatable bonds is 13. The number of hydrogen-bond donors (Lipinski definition) is 0.